The minimum atomic E-state index is -0.554. The van der Waals surface area contributed by atoms with E-state index in [9.17, 15) is 9.59 Å². The molecule has 0 spiro atoms. The Balaban J connectivity index is 2.16. The Hall–Kier alpha value is -1.89. The molecule has 174 valence electrons. The lowest BCUT2D eigenvalue weighted by molar-refractivity contribution is -0.139. The van der Waals surface area contributed by atoms with Crippen molar-refractivity contribution in [1.29, 1.82) is 0 Å². The third-order valence-electron chi connectivity index (χ3n) is 4.78. The van der Waals surface area contributed by atoms with Crippen LogP contribution in [0.15, 0.2) is 42.5 Å². The summed E-state index contributed by atoms with van der Waals surface area (Å²) in [6, 6.07) is 12.4. The molecule has 0 aromatic heterocycles. The number of nitrogens with zero attached hydrogens (tertiary/aromatic N) is 1. The highest BCUT2D eigenvalue weighted by Crippen LogP contribution is 2.25. The summed E-state index contributed by atoms with van der Waals surface area (Å²) >= 11 is 13.5. The van der Waals surface area contributed by atoms with E-state index in [2.05, 4.69) is 5.32 Å². The highest BCUT2D eigenvalue weighted by Gasteiger charge is 2.28. The van der Waals surface area contributed by atoms with Gasteiger partial charge in [-0.1, -0.05) is 48.3 Å². The van der Waals surface area contributed by atoms with Crippen LogP contribution in [-0.2, 0) is 21.9 Å². The van der Waals surface area contributed by atoms with Crippen molar-refractivity contribution in [2.45, 2.75) is 51.6 Å². The number of carbonyl (C=O) groups excluding carboxylic acids is 2. The lowest BCUT2D eigenvalue weighted by atomic mass is 10.1. The van der Waals surface area contributed by atoms with E-state index in [1.165, 1.54) is 11.8 Å². The largest absolute Gasteiger partial charge is 0.497 e. The SMILES string of the molecule is CC[C@@H](C(=O)NC(C)C)N(Cc1cccc(OC)c1)C(=O)CSCc1ccc(Cl)c(Cl)c1. The summed E-state index contributed by atoms with van der Waals surface area (Å²) in [5.74, 6) is 1.33. The summed E-state index contributed by atoms with van der Waals surface area (Å²) in [5, 5.41) is 3.93. The maximum atomic E-state index is 13.3. The van der Waals surface area contributed by atoms with Crippen molar-refractivity contribution in [3.8, 4) is 5.75 Å². The van der Waals surface area contributed by atoms with Gasteiger partial charge in [-0.25, -0.2) is 0 Å². The molecule has 0 fully saturated rings. The van der Waals surface area contributed by atoms with Gasteiger partial charge in [0.25, 0.3) is 0 Å². The number of halogens is 2. The van der Waals surface area contributed by atoms with Crippen LogP contribution in [0.25, 0.3) is 0 Å². The maximum absolute atomic E-state index is 13.3. The molecule has 0 aliphatic rings. The number of carbonyl (C=O) groups is 2. The smallest absolute Gasteiger partial charge is 0.243 e. The van der Waals surface area contributed by atoms with Gasteiger partial charge < -0.3 is 15.0 Å². The van der Waals surface area contributed by atoms with Crippen LogP contribution in [0.3, 0.4) is 0 Å². The van der Waals surface area contributed by atoms with Crippen LogP contribution in [0.2, 0.25) is 10.0 Å². The normalized spacial score (nSPS) is 11.8. The molecule has 1 atom stereocenters. The molecule has 0 bridgehead atoms. The Bertz CT molecular complexity index is 924. The molecule has 5 nitrogen and oxygen atoms in total. The van der Waals surface area contributed by atoms with Crippen molar-refractivity contribution >= 4 is 46.8 Å². The second-order valence-electron chi connectivity index (χ2n) is 7.70. The van der Waals surface area contributed by atoms with E-state index in [1.54, 1.807) is 24.1 Å². The molecule has 0 aliphatic heterocycles. The van der Waals surface area contributed by atoms with Crippen LogP contribution >= 0.6 is 35.0 Å². The van der Waals surface area contributed by atoms with Crippen LogP contribution in [0.1, 0.15) is 38.3 Å². The highest BCUT2D eigenvalue weighted by atomic mass is 35.5. The summed E-state index contributed by atoms with van der Waals surface area (Å²) in [5.41, 5.74) is 1.89. The Labute approximate surface area is 204 Å². The number of hydrogen-bond donors (Lipinski definition) is 1. The van der Waals surface area contributed by atoms with Crippen LogP contribution in [-0.4, -0.2) is 41.7 Å². The number of rotatable bonds is 11. The van der Waals surface area contributed by atoms with Crippen molar-refractivity contribution in [3.05, 3.63) is 63.6 Å². The molecular formula is C24H30Cl2N2O3S. The van der Waals surface area contributed by atoms with Gasteiger partial charge in [-0.3, -0.25) is 9.59 Å². The maximum Gasteiger partial charge on any atom is 0.243 e. The summed E-state index contributed by atoms with van der Waals surface area (Å²) in [6.07, 6.45) is 0.520. The first-order valence-corrected chi connectivity index (χ1v) is 12.4. The average molecular weight is 497 g/mol. The highest BCUT2D eigenvalue weighted by molar-refractivity contribution is 7.99. The van der Waals surface area contributed by atoms with Crippen LogP contribution in [0.4, 0.5) is 0 Å². The van der Waals surface area contributed by atoms with Crippen molar-refractivity contribution in [3.63, 3.8) is 0 Å². The van der Waals surface area contributed by atoms with Gasteiger partial charge in [0.05, 0.1) is 22.9 Å². The fourth-order valence-electron chi connectivity index (χ4n) is 3.24. The van der Waals surface area contributed by atoms with Crippen LogP contribution in [0.5, 0.6) is 5.75 Å². The molecule has 0 aliphatic carbocycles. The van der Waals surface area contributed by atoms with Gasteiger partial charge in [-0.2, -0.15) is 0 Å². The third kappa shape index (κ3) is 7.91. The Morgan fingerprint density at radius 3 is 2.47 bits per heavy atom. The zero-order valence-electron chi connectivity index (χ0n) is 18.9. The predicted molar refractivity (Wildman–Crippen MR) is 134 cm³/mol. The van der Waals surface area contributed by atoms with Gasteiger partial charge in [0.1, 0.15) is 11.8 Å². The minimum Gasteiger partial charge on any atom is -0.497 e. The summed E-state index contributed by atoms with van der Waals surface area (Å²) in [6.45, 7) is 6.06. The van der Waals surface area contributed by atoms with Crippen molar-refractivity contribution in [2.75, 3.05) is 12.9 Å². The number of hydrogen-bond acceptors (Lipinski definition) is 4. The predicted octanol–water partition coefficient (Wildman–Crippen LogP) is 5.57. The van der Waals surface area contributed by atoms with Gasteiger partial charge in [0.2, 0.25) is 11.8 Å². The van der Waals surface area contributed by atoms with E-state index >= 15 is 0 Å². The molecule has 0 unspecified atom stereocenters. The second-order valence-corrected chi connectivity index (χ2v) is 9.50. The molecule has 8 heteroatoms. The van der Waals surface area contributed by atoms with Gasteiger partial charge in [0, 0.05) is 18.3 Å². The molecule has 0 heterocycles. The summed E-state index contributed by atoms with van der Waals surface area (Å²) < 4.78 is 5.31. The van der Waals surface area contributed by atoms with Crippen molar-refractivity contribution < 1.29 is 14.3 Å². The van der Waals surface area contributed by atoms with Gasteiger partial charge in [-0.05, 0) is 55.7 Å². The third-order valence-corrected chi connectivity index (χ3v) is 6.51. The average Bonchev–Trinajstić information content (AvgIpc) is 2.75. The standard InChI is InChI=1S/C24H30Cl2N2O3S/c1-5-22(24(30)27-16(2)3)28(13-17-7-6-8-19(11-17)31-4)23(29)15-32-14-18-9-10-20(25)21(26)12-18/h6-12,16,22H,5,13-15H2,1-4H3,(H,27,30)/t22-/m0/s1. The quantitative estimate of drug-likeness (QED) is 0.441. The number of amides is 2. The van der Waals surface area contributed by atoms with Gasteiger partial charge in [0.15, 0.2) is 0 Å². The molecule has 0 saturated heterocycles. The number of thioether (sulfide) groups is 1. The molecule has 1 N–H and O–H groups in total. The second kappa shape index (κ2) is 13.0. The first-order chi connectivity index (χ1) is 15.2. The van der Waals surface area contributed by atoms with Crippen LogP contribution in [0, 0.1) is 0 Å². The molecule has 0 saturated carbocycles. The lowest BCUT2D eigenvalue weighted by Gasteiger charge is -2.31. The molecule has 0 radical (unpaired) electrons. The molecule has 2 aromatic carbocycles. The van der Waals surface area contributed by atoms with E-state index in [0.29, 0.717) is 34.5 Å². The van der Waals surface area contributed by atoms with Gasteiger partial charge >= 0.3 is 0 Å². The monoisotopic (exact) mass is 496 g/mol. The number of methoxy groups -OCH3 is 1. The number of nitrogens with one attached hydrogen (secondary N) is 1. The summed E-state index contributed by atoms with van der Waals surface area (Å²) in [7, 11) is 1.60. The topological polar surface area (TPSA) is 58.6 Å². The Morgan fingerprint density at radius 1 is 1.09 bits per heavy atom. The first-order valence-electron chi connectivity index (χ1n) is 10.5. The number of ether oxygens (including phenoxy) is 1. The van der Waals surface area contributed by atoms with E-state index in [1.807, 2.05) is 51.1 Å². The molecular weight excluding hydrogens is 467 g/mol. The minimum absolute atomic E-state index is 0.00523. The zero-order valence-corrected chi connectivity index (χ0v) is 21.2. The fraction of sp³-hybridized carbons (Fsp3) is 0.417. The van der Waals surface area contributed by atoms with E-state index in [4.69, 9.17) is 27.9 Å². The molecule has 2 rings (SSSR count). The van der Waals surface area contributed by atoms with E-state index in [-0.39, 0.29) is 23.6 Å². The van der Waals surface area contributed by atoms with Crippen molar-refractivity contribution in [2.24, 2.45) is 0 Å². The van der Waals surface area contributed by atoms with Crippen molar-refractivity contribution in [1.82, 2.24) is 10.2 Å². The Kier molecular flexibility index (Phi) is 10.7. The van der Waals surface area contributed by atoms with Crippen LogP contribution < -0.4 is 10.1 Å². The Morgan fingerprint density at radius 2 is 1.84 bits per heavy atom. The number of benzene rings is 2. The summed E-state index contributed by atoms with van der Waals surface area (Å²) in [4.78, 5) is 27.8. The lowest BCUT2D eigenvalue weighted by Crippen LogP contribution is -2.50. The molecule has 2 amide bonds. The fourth-order valence-corrected chi connectivity index (χ4v) is 4.41. The van der Waals surface area contributed by atoms with E-state index in [0.717, 1.165) is 11.1 Å². The first kappa shape index (κ1) is 26.4. The van der Waals surface area contributed by atoms with E-state index < -0.39 is 6.04 Å². The zero-order chi connectivity index (χ0) is 23.7. The molecule has 2 aromatic rings. The molecule has 32 heavy (non-hydrogen) atoms. The van der Waals surface area contributed by atoms with Gasteiger partial charge in [-0.15, -0.1) is 11.8 Å².